The van der Waals surface area contributed by atoms with Crippen LogP contribution in [-0.4, -0.2) is 17.1 Å². The second-order valence-electron chi connectivity index (χ2n) is 5.40. The molecule has 1 nitrogen and oxygen atoms in total. The van der Waals surface area contributed by atoms with Gasteiger partial charge in [-0.25, -0.2) is 0 Å². The van der Waals surface area contributed by atoms with Gasteiger partial charge in [-0.1, -0.05) is 6.42 Å². The molecule has 2 bridgehead atoms. The van der Waals surface area contributed by atoms with E-state index in [1.807, 2.05) is 0 Å². The number of hydrogen-bond donors (Lipinski definition) is 0. The molecule has 2 heteroatoms. The lowest BCUT2D eigenvalue weighted by Gasteiger charge is -2.41. The predicted octanol–water partition coefficient (Wildman–Crippen LogP) is 2.98. The summed E-state index contributed by atoms with van der Waals surface area (Å²) in [6, 6.07) is 0. The third-order valence-electron chi connectivity index (χ3n) is 4.65. The molecule has 4 unspecified atom stereocenters. The topological polar surface area (TPSA) is 17.1 Å². The van der Waals surface area contributed by atoms with Crippen molar-refractivity contribution in [2.24, 2.45) is 11.8 Å². The van der Waals surface area contributed by atoms with Gasteiger partial charge in [-0.05, 0) is 48.8 Å². The Morgan fingerprint density at radius 3 is 3.14 bits per heavy atom. The van der Waals surface area contributed by atoms with E-state index in [4.69, 9.17) is 0 Å². The van der Waals surface area contributed by atoms with Crippen LogP contribution in [0.25, 0.3) is 0 Å². The lowest BCUT2D eigenvalue weighted by molar-refractivity contribution is -0.123. The van der Waals surface area contributed by atoms with E-state index in [0.717, 1.165) is 33.3 Å². The molecule has 14 heavy (non-hydrogen) atoms. The van der Waals surface area contributed by atoms with E-state index in [-0.39, 0.29) is 0 Å². The monoisotopic (exact) mass is 210 g/mol. The Morgan fingerprint density at radius 2 is 2.21 bits per heavy atom. The SMILES string of the molecule is O=C1CC2CCCPC3(CCCC23)C1. The van der Waals surface area contributed by atoms with Gasteiger partial charge < -0.3 is 0 Å². The van der Waals surface area contributed by atoms with Crippen LogP contribution in [0.15, 0.2) is 0 Å². The number of Topliss-reactive ketones (excluding diaryl/α,β-unsaturated/α-hetero) is 1. The molecule has 1 heterocycles. The van der Waals surface area contributed by atoms with Crippen molar-refractivity contribution in [3.8, 4) is 0 Å². The maximum Gasteiger partial charge on any atom is 0.134 e. The normalized spacial score (nSPS) is 49.0. The predicted molar refractivity (Wildman–Crippen MR) is 60.2 cm³/mol. The fourth-order valence-corrected chi connectivity index (χ4v) is 6.35. The van der Waals surface area contributed by atoms with Crippen LogP contribution in [0.4, 0.5) is 0 Å². The Hall–Kier alpha value is 0.100. The summed E-state index contributed by atoms with van der Waals surface area (Å²) in [6.45, 7) is 0. The summed E-state index contributed by atoms with van der Waals surface area (Å²) in [5.74, 6) is 2.32. The van der Waals surface area contributed by atoms with Gasteiger partial charge in [-0.3, -0.25) is 4.79 Å². The molecule has 0 radical (unpaired) electrons. The first-order valence-electron chi connectivity index (χ1n) is 6.07. The van der Waals surface area contributed by atoms with Gasteiger partial charge in [0, 0.05) is 12.8 Å². The molecule has 1 saturated heterocycles. The summed E-state index contributed by atoms with van der Waals surface area (Å²) in [7, 11) is 1.10. The Labute approximate surface area is 87.8 Å². The van der Waals surface area contributed by atoms with E-state index in [1.54, 1.807) is 0 Å². The quantitative estimate of drug-likeness (QED) is 0.562. The zero-order valence-electron chi connectivity index (χ0n) is 8.72. The van der Waals surface area contributed by atoms with Crippen molar-refractivity contribution >= 4 is 14.4 Å². The number of carbonyl (C=O) groups excluding carboxylic acids is 1. The molecule has 2 saturated carbocycles. The molecule has 3 fully saturated rings. The summed E-state index contributed by atoms with van der Waals surface area (Å²) < 4.78 is 0. The van der Waals surface area contributed by atoms with Gasteiger partial charge in [0.1, 0.15) is 5.78 Å². The molecule has 0 aromatic rings. The molecule has 0 spiro atoms. The minimum atomic E-state index is 0.524. The second-order valence-corrected chi connectivity index (χ2v) is 7.25. The highest BCUT2D eigenvalue weighted by Gasteiger charge is 2.51. The molecule has 0 amide bonds. The average molecular weight is 210 g/mol. The van der Waals surface area contributed by atoms with Crippen molar-refractivity contribution < 1.29 is 4.79 Å². The van der Waals surface area contributed by atoms with Crippen LogP contribution in [0.1, 0.15) is 44.9 Å². The van der Waals surface area contributed by atoms with Crippen LogP contribution in [0.5, 0.6) is 0 Å². The van der Waals surface area contributed by atoms with Gasteiger partial charge in [-0.15, -0.1) is 8.58 Å². The van der Waals surface area contributed by atoms with Gasteiger partial charge in [0.15, 0.2) is 0 Å². The molecule has 3 aliphatic rings. The maximum atomic E-state index is 11.8. The largest absolute Gasteiger partial charge is 0.300 e. The number of rotatable bonds is 0. The number of carbonyl (C=O) groups is 1. The minimum Gasteiger partial charge on any atom is -0.300 e. The molecule has 0 aromatic carbocycles. The van der Waals surface area contributed by atoms with Crippen molar-refractivity contribution in [1.29, 1.82) is 0 Å². The van der Waals surface area contributed by atoms with Crippen molar-refractivity contribution in [2.45, 2.75) is 50.1 Å². The van der Waals surface area contributed by atoms with Crippen LogP contribution in [-0.2, 0) is 4.79 Å². The first-order chi connectivity index (χ1) is 6.80. The van der Waals surface area contributed by atoms with Gasteiger partial charge >= 0.3 is 0 Å². The summed E-state index contributed by atoms with van der Waals surface area (Å²) >= 11 is 0. The lowest BCUT2D eigenvalue weighted by atomic mass is 9.71. The number of hydrogen-bond acceptors (Lipinski definition) is 1. The van der Waals surface area contributed by atoms with Gasteiger partial charge in [0.25, 0.3) is 0 Å². The van der Waals surface area contributed by atoms with E-state index < -0.39 is 0 Å². The van der Waals surface area contributed by atoms with Gasteiger partial charge in [0.05, 0.1) is 0 Å². The average Bonchev–Trinajstić information content (AvgIpc) is 2.53. The third-order valence-corrected chi connectivity index (χ3v) is 6.75. The minimum absolute atomic E-state index is 0.524. The van der Waals surface area contributed by atoms with E-state index in [1.165, 1.54) is 38.3 Å². The molecular formula is C12H19OP. The van der Waals surface area contributed by atoms with E-state index >= 15 is 0 Å². The maximum absolute atomic E-state index is 11.8. The van der Waals surface area contributed by atoms with Crippen molar-refractivity contribution in [1.82, 2.24) is 0 Å². The first-order valence-corrected chi connectivity index (χ1v) is 7.28. The highest BCUT2D eigenvalue weighted by atomic mass is 31.1. The van der Waals surface area contributed by atoms with E-state index in [0.29, 0.717) is 10.9 Å². The van der Waals surface area contributed by atoms with Crippen LogP contribution < -0.4 is 0 Å². The zero-order valence-corrected chi connectivity index (χ0v) is 9.72. The highest BCUT2D eigenvalue weighted by Crippen LogP contribution is 2.60. The lowest BCUT2D eigenvalue weighted by Crippen LogP contribution is -2.40. The van der Waals surface area contributed by atoms with E-state index in [9.17, 15) is 4.79 Å². The van der Waals surface area contributed by atoms with Crippen LogP contribution in [0.3, 0.4) is 0 Å². The van der Waals surface area contributed by atoms with Crippen LogP contribution in [0, 0.1) is 11.8 Å². The Balaban J connectivity index is 1.96. The summed E-state index contributed by atoms with van der Waals surface area (Å²) in [4.78, 5) is 11.8. The van der Waals surface area contributed by atoms with Crippen molar-refractivity contribution in [3.05, 3.63) is 0 Å². The van der Waals surface area contributed by atoms with Crippen molar-refractivity contribution in [2.75, 3.05) is 6.16 Å². The summed E-state index contributed by atoms with van der Waals surface area (Å²) in [5.41, 5.74) is 0. The Kier molecular flexibility index (Phi) is 2.20. The van der Waals surface area contributed by atoms with Gasteiger partial charge in [-0.2, -0.15) is 0 Å². The van der Waals surface area contributed by atoms with Gasteiger partial charge in [0.2, 0.25) is 0 Å². The summed E-state index contributed by atoms with van der Waals surface area (Å²) in [5, 5.41) is 0.524. The smallest absolute Gasteiger partial charge is 0.134 e. The molecule has 0 aromatic heterocycles. The first kappa shape index (κ1) is 9.33. The molecular weight excluding hydrogens is 191 g/mol. The second kappa shape index (κ2) is 3.30. The van der Waals surface area contributed by atoms with Crippen molar-refractivity contribution in [3.63, 3.8) is 0 Å². The van der Waals surface area contributed by atoms with E-state index in [2.05, 4.69) is 0 Å². The number of ketones is 1. The molecule has 4 atom stereocenters. The zero-order chi connectivity index (χ0) is 9.60. The molecule has 2 aliphatic carbocycles. The summed E-state index contributed by atoms with van der Waals surface area (Å²) in [6.07, 6.45) is 10.3. The fraction of sp³-hybridized carbons (Fsp3) is 0.917. The highest BCUT2D eigenvalue weighted by molar-refractivity contribution is 7.40. The van der Waals surface area contributed by atoms with Crippen LogP contribution >= 0.6 is 8.58 Å². The van der Waals surface area contributed by atoms with Crippen LogP contribution in [0.2, 0.25) is 0 Å². The molecule has 78 valence electrons. The molecule has 3 rings (SSSR count). The fourth-order valence-electron chi connectivity index (χ4n) is 4.15. The Bertz CT molecular complexity index is 263. The molecule has 1 aliphatic heterocycles. The molecule has 0 N–H and O–H groups in total. The Morgan fingerprint density at radius 1 is 1.29 bits per heavy atom. The third kappa shape index (κ3) is 1.28. The standard InChI is InChI=1S/C12H19OP/c13-10-7-9-3-2-6-14-12(8-10)5-1-4-11(9)12/h9,11,14H,1-8H2.